The highest BCUT2D eigenvalue weighted by molar-refractivity contribution is 5.19. The first-order valence-corrected chi connectivity index (χ1v) is 5.18. The molecule has 0 radical (unpaired) electrons. The van der Waals surface area contributed by atoms with E-state index in [0.29, 0.717) is 0 Å². The molecule has 1 heterocycles. The quantitative estimate of drug-likeness (QED) is 0.826. The smallest absolute Gasteiger partial charge is 0.0934 e. The molecular formula is C13H15NO. The van der Waals surface area contributed by atoms with Gasteiger partial charge in [-0.05, 0) is 30.0 Å². The van der Waals surface area contributed by atoms with Crippen molar-refractivity contribution >= 4 is 0 Å². The Morgan fingerprint density at radius 1 is 1.13 bits per heavy atom. The molecule has 0 saturated carbocycles. The molecule has 0 spiro atoms. The van der Waals surface area contributed by atoms with E-state index in [4.69, 9.17) is 10.2 Å². The van der Waals surface area contributed by atoms with Crippen LogP contribution in [0, 0.1) is 0 Å². The molecule has 0 aliphatic heterocycles. The van der Waals surface area contributed by atoms with Crippen molar-refractivity contribution in [1.29, 1.82) is 0 Å². The Hall–Kier alpha value is -1.54. The first-order chi connectivity index (χ1) is 7.36. The average molecular weight is 201 g/mol. The Morgan fingerprint density at radius 3 is 2.60 bits per heavy atom. The Labute approximate surface area is 89.7 Å². The zero-order valence-electron chi connectivity index (χ0n) is 8.60. The maximum atomic E-state index is 6.08. The fourth-order valence-corrected chi connectivity index (χ4v) is 1.62. The van der Waals surface area contributed by atoms with E-state index in [1.807, 2.05) is 24.3 Å². The lowest BCUT2D eigenvalue weighted by atomic mass is 10.0. The van der Waals surface area contributed by atoms with Crippen LogP contribution in [0.4, 0.5) is 0 Å². The van der Waals surface area contributed by atoms with E-state index in [-0.39, 0.29) is 6.04 Å². The van der Waals surface area contributed by atoms with Gasteiger partial charge in [-0.1, -0.05) is 30.3 Å². The standard InChI is InChI=1S/C13H15NO/c14-13(12-4-2-1-3-5-12)7-6-11-8-9-15-10-11/h1-5,8-10,13H,6-7,14H2. The van der Waals surface area contributed by atoms with Gasteiger partial charge in [0, 0.05) is 6.04 Å². The van der Waals surface area contributed by atoms with Gasteiger partial charge in [-0.3, -0.25) is 0 Å². The Balaban J connectivity index is 1.90. The molecule has 1 unspecified atom stereocenters. The van der Waals surface area contributed by atoms with E-state index in [2.05, 4.69) is 12.1 Å². The number of aryl methyl sites for hydroxylation is 1. The average Bonchev–Trinajstić information content (AvgIpc) is 2.80. The molecule has 1 atom stereocenters. The highest BCUT2D eigenvalue weighted by Gasteiger charge is 2.05. The third kappa shape index (κ3) is 2.70. The summed E-state index contributed by atoms with van der Waals surface area (Å²) in [5.41, 5.74) is 8.49. The van der Waals surface area contributed by atoms with Crippen molar-refractivity contribution in [3.8, 4) is 0 Å². The van der Waals surface area contributed by atoms with Crippen molar-refractivity contribution in [3.63, 3.8) is 0 Å². The van der Waals surface area contributed by atoms with Crippen LogP contribution in [0.3, 0.4) is 0 Å². The molecular weight excluding hydrogens is 186 g/mol. The lowest BCUT2D eigenvalue weighted by molar-refractivity contribution is 0.560. The zero-order valence-corrected chi connectivity index (χ0v) is 8.60. The number of hydrogen-bond acceptors (Lipinski definition) is 2. The van der Waals surface area contributed by atoms with Gasteiger partial charge in [0.25, 0.3) is 0 Å². The van der Waals surface area contributed by atoms with E-state index < -0.39 is 0 Å². The molecule has 1 aromatic carbocycles. The molecule has 0 aliphatic rings. The number of rotatable bonds is 4. The lowest BCUT2D eigenvalue weighted by Crippen LogP contribution is -2.10. The fraction of sp³-hybridized carbons (Fsp3) is 0.231. The molecule has 2 aromatic rings. The fourth-order valence-electron chi connectivity index (χ4n) is 1.62. The van der Waals surface area contributed by atoms with Gasteiger partial charge in [-0.15, -0.1) is 0 Å². The molecule has 15 heavy (non-hydrogen) atoms. The normalized spacial score (nSPS) is 12.6. The summed E-state index contributed by atoms with van der Waals surface area (Å²) < 4.78 is 5.01. The maximum Gasteiger partial charge on any atom is 0.0934 e. The molecule has 0 amide bonds. The summed E-state index contributed by atoms with van der Waals surface area (Å²) in [7, 11) is 0. The summed E-state index contributed by atoms with van der Waals surface area (Å²) in [6.07, 6.45) is 5.39. The van der Waals surface area contributed by atoms with Gasteiger partial charge >= 0.3 is 0 Å². The van der Waals surface area contributed by atoms with E-state index >= 15 is 0 Å². The van der Waals surface area contributed by atoms with Gasteiger partial charge in [0.05, 0.1) is 12.5 Å². The third-order valence-electron chi connectivity index (χ3n) is 2.55. The Morgan fingerprint density at radius 2 is 1.93 bits per heavy atom. The number of hydrogen-bond donors (Lipinski definition) is 1. The van der Waals surface area contributed by atoms with Crippen LogP contribution in [0.25, 0.3) is 0 Å². The van der Waals surface area contributed by atoms with Crippen LogP contribution >= 0.6 is 0 Å². The van der Waals surface area contributed by atoms with Crippen LogP contribution < -0.4 is 5.73 Å². The molecule has 0 fully saturated rings. The van der Waals surface area contributed by atoms with Crippen molar-refractivity contribution in [2.24, 2.45) is 5.73 Å². The second-order valence-corrected chi connectivity index (χ2v) is 3.69. The molecule has 2 rings (SSSR count). The second kappa shape index (κ2) is 4.80. The molecule has 78 valence electrons. The van der Waals surface area contributed by atoms with Crippen LogP contribution in [0.5, 0.6) is 0 Å². The van der Waals surface area contributed by atoms with E-state index in [9.17, 15) is 0 Å². The summed E-state index contributed by atoms with van der Waals surface area (Å²) in [6, 6.07) is 12.3. The second-order valence-electron chi connectivity index (χ2n) is 3.69. The van der Waals surface area contributed by atoms with Crippen LogP contribution in [-0.4, -0.2) is 0 Å². The van der Waals surface area contributed by atoms with Gasteiger partial charge in [-0.25, -0.2) is 0 Å². The van der Waals surface area contributed by atoms with Gasteiger partial charge < -0.3 is 10.2 Å². The predicted octanol–water partition coefficient (Wildman–Crippen LogP) is 2.91. The molecule has 1 aromatic heterocycles. The zero-order chi connectivity index (χ0) is 10.5. The van der Waals surface area contributed by atoms with Gasteiger partial charge in [-0.2, -0.15) is 0 Å². The van der Waals surface area contributed by atoms with Crippen LogP contribution in [0.1, 0.15) is 23.6 Å². The number of nitrogens with two attached hydrogens (primary N) is 1. The highest BCUT2D eigenvalue weighted by Crippen LogP contribution is 2.16. The van der Waals surface area contributed by atoms with Crippen molar-refractivity contribution < 1.29 is 4.42 Å². The minimum Gasteiger partial charge on any atom is -0.472 e. The lowest BCUT2D eigenvalue weighted by Gasteiger charge is -2.10. The monoisotopic (exact) mass is 201 g/mol. The molecule has 0 bridgehead atoms. The summed E-state index contributed by atoms with van der Waals surface area (Å²) in [6.45, 7) is 0. The summed E-state index contributed by atoms with van der Waals surface area (Å²) >= 11 is 0. The first-order valence-electron chi connectivity index (χ1n) is 5.18. The third-order valence-corrected chi connectivity index (χ3v) is 2.55. The van der Waals surface area contributed by atoms with Gasteiger partial charge in [0.15, 0.2) is 0 Å². The van der Waals surface area contributed by atoms with E-state index in [0.717, 1.165) is 12.8 Å². The minimum atomic E-state index is 0.112. The highest BCUT2D eigenvalue weighted by atomic mass is 16.3. The van der Waals surface area contributed by atoms with Crippen LogP contribution in [0.2, 0.25) is 0 Å². The van der Waals surface area contributed by atoms with Crippen molar-refractivity contribution in [2.45, 2.75) is 18.9 Å². The van der Waals surface area contributed by atoms with E-state index in [1.54, 1.807) is 12.5 Å². The first kappa shape index (κ1) is 9.99. The van der Waals surface area contributed by atoms with Gasteiger partial charge in [0.1, 0.15) is 0 Å². The molecule has 0 saturated heterocycles. The Bertz CT molecular complexity index is 380. The minimum absolute atomic E-state index is 0.112. The van der Waals surface area contributed by atoms with Crippen molar-refractivity contribution in [1.82, 2.24) is 0 Å². The van der Waals surface area contributed by atoms with Crippen molar-refractivity contribution in [3.05, 3.63) is 60.1 Å². The maximum absolute atomic E-state index is 6.08. The van der Waals surface area contributed by atoms with Crippen LogP contribution in [-0.2, 0) is 6.42 Å². The largest absolute Gasteiger partial charge is 0.472 e. The van der Waals surface area contributed by atoms with Crippen molar-refractivity contribution in [2.75, 3.05) is 0 Å². The molecule has 2 N–H and O–H groups in total. The number of benzene rings is 1. The predicted molar refractivity (Wildman–Crippen MR) is 60.4 cm³/mol. The van der Waals surface area contributed by atoms with Gasteiger partial charge in [0.2, 0.25) is 0 Å². The summed E-state index contributed by atoms with van der Waals surface area (Å²) in [5, 5.41) is 0. The molecule has 2 heteroatoms. The molecule has 0 aliphatic carbocycles. The number of furan rings is 1. The topological polar surface area (TPSA) is 39.2 Å². The van der Waals surface area contributed by atoms with E-state index in [1.165, 1.54) is 11.1 Å². The van der Waals surface area contributed by atoms with Crippen LogP contribution in [0.15, 0.2) is 53.3 Å². The summed E-state index contributed by atoms with van der Waals surface area (Å²) in [4.78, 5) is 0. The summed E-state index contributed by atoms with van der Waals surface area (Å²) in [5.74, 6) is 0. The Kier molecular flexibility index (Phi) is 3.20. The molecule has 2 nitrogen and oxygen atoms in total. The SMILES string of the molecule is NC(CCc1ccoc1)c1ccccc1.